The number of pyridine rings is 1. The molecule has 0 saturated heterocycles. The number of halogens is 3. The van der Waals surface area contributed by atoms with Gasteiger partial charge >= 0.3 is 6.18 Å². The molecule has 0 aromatic carbocycles. The molecule has 4 nitrogen and oxygen atoms in total. The first-order chi connectivity index (χ1) is 10.1. The van der Waals surface area contributed by atoms with Crippen LogP contribution in [0, 0.1) is 6.92 Å². The summed E-state index contributed by atoms with van der Waals surface area (Å²) in [5.41, 5.74) is -0.587. The maximum Gasteiger partial charge on any atom is 0.433 e. The molecule has 2 heterocycles. The molecule has 120 valence electrons. The normalized spacial score (nSPS) is 14.5. The first-order valence-corrected chi connectivity index (χ1v) is 8.94. The summed E-state index contributed by atoms with van der Waals surface area (Å²) < 4.78 is 53.0. The fourth-order valence-corrected chi connectivity index (χ4v) is 3.91. The van der Waals surface area contributed by atoms with Gasteiger partial charge in [0.1, 0.15) is 5.69 Å². The fourth-order valence-electron chi connectivity index (χ4n) is 1.64. The van der Waals surface area contributed by atoms with E-state index in [0.29, 0.717) is 15.6 Å². The highest BCUT2D eigenvalue weighted by Gasteiger charge is 2.32. The number of nitrogens with zero attached hydrogens (tertiary/aromatic N) is 2. The summed E-state index contributed by atoms with van der Waals surface area (Å²) >= 11 is 1.35. The minimum atomic E-state index is -4.49. The number of alkyl halides is 3. The van der Waals surface area contributed by atoms with Crippen molar-refractivity contribution in [1.82, 2.24) is 9.97 Å². The smallest absolute Gasteiger partial charge is 0.288 e. The lowest BCUT2D eigenvalue weighted by atomic mass is 10.2. The van der Waals surface area contributed by atoms with Crippen LogP contribution in [0.4, 0.5) is 18.3 Å². The Kier molecular flexibility index (Phi) is 4.48. The van der Waals surface area contributed by atoms with Gasteiger partial charge in [-0.15, -0.1) is 11.3 Å². The summed E-state index contributed by atoms with van der Waals surface area (Å²) in [6, 6.07) is 2.14. The molecule has 0 bridgehead atoms. The Morgan fingerprint density at radius 1 is 1.27 bits per heavy atom. The van der Waals surface area contributed by atoms with Crippen LogP contribution >= 0.6 is 11.3 Å². The van der Waals surface area contributed by atoms with Crippen molar-refractivity contribution in [3.05, 3.63) is 40.7 Å². The third-order valence-electron chi connectivity index (χ3n) is 2.95. The maximum absolute atomic E-state index is 12.7. The Balaban J connectivity index is 2.35. The van der Waals surface area contributed by atoms with Crippen LogP contribution in [0.3, 0.4) is 0 Å². The topological polar surface area (TPSA) is 54.9 Å². The van der Waals surface area contributed by atoms with Crippen LogP contribution in [-0.4, -0.2) is 25.3 Å². The minimum Gasteiger partial charge on any atom is -0.288 e. The second-order valence-electron chi connectivity index (χ2n) is 4.71. The van der Waals surface area contributed by atoms with Crippen molar-refractivity contribution in [2.75, 3.05) is 11.0 Å². The van der Waals surface area contributed by atoms with Crippen LogP contribution in [0.1, 0.15) is 23.1 Å². The standard InChI is InChI=1S/C13H14F3N3OS2/c1-8-6-18-12(21-8)19-22(3,20)9(2)10-4-5-11(17-7-10)13(14,15)16/h4-7H,1-3H3,(H,18,19,20). The Labute approximate surface area is 130 Å². The number of anilines is 1. The summed E-state index contributed by atoms with van der Waals surface area (Å²) in [7, 11) is -2.66. The molecule has 2 aromatic rings. The molecule has 0 amide bonds. The summed E-state index contributed by atoms with van der Waals surface area (Å²) in [4.78, 5) is 8.84. The van der Waals surface area contributed by atoms with Gasteiger partial charge in [-0.25, -0.2) is 9.19 Å². The fraction of sp³-hybridized carbons (Fsp3) is 0.308. The molecular formula is C13H14F3N3OS2. The third-order valence-corrected chi connectivity index (χ3v) is 5.89. The number of nitrogens with one attached hydrogen (secondary N) is 1. The molecule has 0 aliphatic heterocycles. The van der Waals surface area contributed by atoms with E-state index >= 15 is 0 Å². The van der Waals surface area contributed by atoms with Gasteiger partial charge in [0.05, 0.1) is 9.71 Å². The number of rotatable bonds is 3. The SMILES string of the molecule is CC(c1ccc(C(F)(F)F)nc1)=S(C)(=O)Nc1ncc(C)s1. The molecule has 9 heteroatoms. The van der Waals surface area contributed by atoms with Crippen LogP contribution in [0.5, 0.6) is 0 Å². The molecule has 0 fully saturated rings. The van der Waals surface area contributed by atoms with Crippen molar-refractivity contribution in [3.8, 4) is 0 Å². The molecular weight excluding hydrogens is 335 g/mol. The van der Waals surface area contributed by atoms with E-state index in [2.05, 4.69) is 14.7 Å². The van der Waals surface area contributed by atoms with Crippen molar-refractivity contribution >= 4 is 31.0 Å². The van der Waals surface area contributed by atoms with Gasteiger partial charge in [0.25, 0.3) is 0 Å². The highest BCUT2D eigenvalue weighted by molar-refractivity contribution is 8.03. The van der Waals surface area contributed by atoms with Crippen molar-refractivity contribution < 1.29 is 17.4 Å². The summed E-state index contributed by atoms with van der Waals surface area (Å²) in [5, 5.41) is 0.504. The molecule has 0 aliphatic rings. The maximum atomic E-state index is 12.7. The highest BCUT2D eigenvalue weighted by Crippen LogP contribution is 2.27. The third kappa shape index (κ3) is 3.77. The molecule has 1 unspecified atom stereocenters. The van der Waals surface area contributed by atoms with Gasteiger partial charge in [-0.05, 0) is 19.9 Å². The first kappa shape index (κ1) is 16.8. The Bertz CT molecular complexity index is 788. The van der Waals surface area contributed by atoms with Gasteiger partial charge in [0.15, 0.2) is 5.13 Å². The summed E-state index contributed by atoms with van der Waals surface area (Å²) in [6.45, 7) is 3.47. The van der Waals surface area contributed by atoms with E-state index in [1.165, 1.54) is 23.7 Å². The highest BCUT2D eigenvalue weighted by atomic mass is 32.2. The second-order valence-corrected chi connectivity index (χ2v) is 8.45. The molecule has 0 spiro atoms. The van der Waals surface area contributed by atoms with E-state index in [0.717, 1.165) is 17.1 Å². The molecule has 0 aliphatic carbocycles. The lowest BCUT2D eigenvalue weighted by Crippen LogP contribution is -2.20. The minimum absolute atomic E-state index is 0.390. The summed E-state index contributed by atoms with van der Waals surface area (Å²) in [6.07, 6.45) is -0.277. The van der Waals surface area contributed by atoms with E-state index in [1.54, 1.807) is 13.1 Å². The Morgan fingerprint density at radius 2 is 1.95 bits per heavy atom. The van der Waals surface area contributed by atoms with Gasteiger partial charge in [0, 0.05) is 34.0 Å². The van der Waals surface area contributed by atoms with Crippen LogP contribution in [0.2, 0.25) is 0 Å². The van der Waals surface area contributed by atoms with Gasteiger partial charge < -0.3 is 0 Å². The second kappa shape index (κ2) is 5.88. The zero-order valence-electron chi connectivity index (χ0n) is 12.1. The number of thiazole rings is 1. The van der Waals surface area contributed by atoms with E-state index < -0.39 is 21.6 Å². The van der Waals surface area contributed by atoms with Crippen molar-refractivity contribution in [2.24, 2.45) is 0 Å². The van der Waals surface area contributed by atoms with E-state index in [-0.39, 0.29) is 0 Å². The van der Waals surface area contributed by atoms with Crippen molar-refractivity contribution in [2.45, 2.75) is 20.0 Å². The molecule has 1 atom stereocenters. The number of aromatic nitrogens is 2. The number of hydrogen-bond donors (Lipinski definition) is 1. The lowest BCUT2D eigenvalue weighted by Gasteiger charge is -2.12. The number of hydrogen-bond acceptors (Lipinski definition) is 4. The Hall–Kier alpha value is -1.61. The van der Waals surface area contributed by atoms with Gasteiger partial charge in [-0.2, -0.15) is 13.2 Å². The van der Waals surface area contributed by atoms with Crippen LogP contribution in [0.25, 0.3) is 0 Å². The Morgan fingerprint density at radius 3 is 2.41 bits per heavy atom. The van der Waals surface area contributed by atoms with Crippen molar-refractivity contribution in [3.63, 3.8) is 0 Å². The predicted octanol–water partition coefficient (Wildman–Crippen LogP) is 3.35. The van der Waals surface area contributed by atoms with Crippen molar-refractivity contribution in [1.29, 1.82) is 0 Å². The van der Waals surface area contributed by atoms with Gasteiger partial charge in [-0.1, -0.05) is 6.07 Å². The average molecular weight is 349 g/mol. The van der Waals surface area contributed by atoms with Crippen LogP contribution in [0.15, 0.2) is 24.5 Å². The first-order valence-electron chi connectivity index (χ1n) is 6.16. The predicted molar refractivity (Wildman–Crippen MR) is 83.6 cm³/mol. The number of aryl methyl sites for hydroxylation is 1. The molecule has 2 rings (SSSR count). The van der Waals surface area contributed by atoms with Gasteiger partial charge in [0.2, 0.25) is 0 Å². The molecule has 2 aromatic heterocycles. The zero-order chi connectivity index (χ0) is 16.5. The monoisotopic (exact) mass is 349 g/mol. The van der Waals surface area contributed by atoms with E-state index in [1.807, 2.05) is 6.92 Å². The average Bonchev–Trinajstić information content (AvgIpc) is 2.81. The van der Waals surface area contributed by atoms with Crippen LogP contribution < -0.4 is 4.72 Å². The van der Waals surface area contributed by atoms with E-state index in [9.17, 15) is 17.4 Å². The van der Waals surface area contributed by atoms with Gasteiger partial charge in [-0.3, -0.25) is 9.71 Å². The molecule has 22 heavy (non-hydrogen) atoms. The quantitative estimate of drug-likeness (QED) is 0.683. The largest absolute Gasteiger partial charge is 0.433 e. The molecule has 1 N–H and O–H groups in total. The molecule has 0 saturated carbocycles. The molecule has 0 radical (unpaired) electrons. The van der Waals surface area contributed by atoms with Crippen LogP contribution in [-0.2, 0) is 15.9 Å². The van der Waals surface area contributed by atoms with E-state index in [4.69, 9.17) is 0 Å². The lowest BCUT2D eigenvalue weighted by molar-refractivity contribution is -0.141. The zero-order valence-corrected chi connectivity index (χ0v) is 13.7. The summed E-state index contributed by atoms with van der Waals surface area (Å²) in [5.74, 6) is 0.